The first-order valence-electron chi connectivity index (χ1n) is 10.3. The Labute approximate surface area is 187 Å². The van der Waals surface area contributed by atoms with Crippen molar-refractivity contribution < 1.29 is 4.79 Å². The van der Waals surface area contributed by atoms with Gasteiger partial charge >= 0.3 is 0 Å². The van der Waals surface area contributed by atoms with Gasteiger partial charge in [-0.2, -0.15) is 0 Å². The lowest BCUT2D eigenvalue weighted by Crippen LogP contribution is -2.17. The number of carbonyl (C=O) groups excluding carboxylic acids is 1. The normalized spacial score (nSPS) is 13.0. The smallest absolute Gasteiger partial charge is 0.234 e. The molecular weight excluding hydrogens is 402 g/mol. The molecule has 0 spiro atoms. The van der Waals surface area contributed by atoms with Crippen molar-refractivity contribution in [1.29, 1.82) is 0 Å². The predicted molar refractivity (Wildman–Crippen MR) is 133 cm³/mol. The van der Waals surface area contributed by atoms with Gasteiger partial charge in [-0.3, -0.25) is 9.79 Å². The molecule has 0 saturated heterocycles. The number of fused-ring (bicyclic) bond motifs is 1. The number of benzene rings is 3. The number of carbonyl (C=O) groups is 1. The highest BCUT2D eigenvalue weighted by Gasteiger charge is 2.17. The quantitative estimate of drug-likeness (QED) is 0.514. The molecule has 1 aliphatic rings. The van der Waals surface area contributed by atoms with Gasteiger partial charge in [0.25, 0.3) is 0 Å². The van der Waals surface area contributed by atoms with Crippen LogP contribution >= 0.6 is 11.8 Å². The molecule has 0 bridgehead atoms. The summed E-state index contributed by atoms with van der Waals surface area (Å²) in [5.74, 6) is 0.267. The molecule has 31 heavy (non-hydrogen) atoms. The molecule has 0 saturated carbocycles. The maximum atomic E-state index is 12.6. The molecule has 0 aliphatic carbocycles. The van der Waals surface area contributed by atoms with Crippen LogP contribution in [0.2, 0.25) is 0 Å². The van der Waals surface area contributed by atoms with Crippen LogP contribution in [0, 0.1) is 20.8 Å². The number of aryl methyl sites for hydroxylation is 2. The van der Waals surface area contributed by atoms with E-state index >= 15 is 0 Å². The van der Waals surface area contributed by atoms with Gasteiger partial charge in [-0.05, 0) is 55.7 Å². The Morgan fingerprint density at radius 2 is 1.61 bits per heavy atom. The Morgan fingerprint density at radius 1 is 0.903 bits per heavy atom. The van der Waals surface area contributed by atoms with Crippen LogP contribution < -0.4 is 5.32 Å². The molecule has 5 heteroatoms. The van der Waals surface area contributed by atoms with Crippen LogP contribution in [-0.2, 0) is 4.79 Å². The largest absolute Gasteiger partial charge is 0.325 e. The number of hydrogen-bond donors (Lipinski definition) is 1. The monoisotopic (exact) mass is 427 g/mol. The fourth-order valence-electron chi connectivity index (χ4n) is 3.37. The second-order valence-corrected chi connectivity index (χ2v) is 8.73. The van der Waals surface area contributed by atoms with E-state index in [1.54, 1.807) is 0 Å². The molecule has 0 unspecified atom stereocenters. The maximum Gasteiger partial charge on any atom is 0.234 e. The van der Waals surface area contributed by atoms with Crippen molar-refractivity contribution in [3.63, 3.8) is 0 Å². The lowest BCUT2D eigenvalue weighted by atomic mass is 10.1. The SMILES string of the molecule is Cc1ccc(C2=Nc3ccccc3N=C(SCC(=O)Nc3cccc(C)c3C)C2)cc1. The highest BCUT2D eigenvalue weighted by molar-refractivity contribution is 8.14. The lowest BCUT2D eigenvalue weighted by molar-refractivity contribution is -0.113. The van der Waals surface area contributed by atoms with Crippen LogP contribution in [0.25, 0.3) is 0 Å². The van der Waals surface area contributed by atoms with Crippen molar-refractivity contribution >= 4 is 45.5 Å². The van der Waals surface area contributed by atoms with E-state index in [1.807, 2.05) is 56.3 Å². The van der Waals surface area contributed by atoms with Gasteiger partial charge in [0.2, 0.25) is 5.91 Å². The predicted octanol–water partition coefficient (Wildman–Crippen LogP) is 6.54. The van der Waals surface area contributed by atoms with Crippen molar-refractivity contribution in [3.05, 3.63) is 89.0 Å². The fourth-order valence-corrected chi connectivity index (χ4v) is 4.14. The van der Waals surface area contributed by atoms with E-state index in [0.717, 1.165) is 44.5 Å². The zero-order valence-electron chi connectivity index (χ0n) is 18.0. The van der Waals surface area contributed by atoms with Crippen molar-refractivity contribution in [1.82, 2.24) is 0 Å². The summed E-state index contributed by atoms with van der Waals surface area (Å²) in [6, 6.07) is 22.2. The second kappa shape index (κ2) is 9.31. The average molecular weight is 428 g/mol. The Morgan fingerprint density at radius 3 is 2.35 bits per heavy atom. The van der Waals surface area contributed by atoms with Crippen LogP contribution in [0.5, 0.6) is 0 Å². The summed E-state index contributed by atoms with van der Waals surface area (Å²) in [7, 11) is 0. The summed E-state index contributed by atoms with van der Waals surface area (Å²) in [5.41, 5.74) is 8.06. The van der Waals surface area contributed by atoms with Crippen LogP contribution in [0.3, 0.4) is 0 Å². The summed E-state index contributed by atoms with van der Waals surface area (Å²) in [5, 5.41) is 3.92. The van der Waals surface area contributed by atoms with E-state index in [9.17, 15) is 4.79 Å². The zero-order chi connectivity index (χ0) is 21.8. The Balaban J connectivity index is 1.53. The van der Waals surface area contributed by atoms with Gasteiger partial charge in [-0.1, -0.05) is 54.1 Å². The first-order valence-corrected chi connectivity index (χ1v) is 11.3. The Bertz CT molecular complexity index is 1180. The van der Waals surface area contributed by atoms with Gasteiger partial charge in [0, 0.05) is 12.1 Å². The summed E-state index contributed by atoms with van der Waals surface area (Å²) >= 11 is 1.47. The number of nitrogens with one attached hydrogen (secondary N) is 1. The van der Waals surface area contributed by atoms with Gasteiger partial charge in [0.1, 0.15) is 0 Å². The number of nitrogens with zero attached hydrogens (tertiary/aromatic N) is 2. The van der Waals surface area contributed by atoms with E-state index in [0.29, 0.717) is 12.2 Å². The van der Waals surface area contributed by atoms with Crippen molar-refractivity contribution in [2.75, 3.05) is 11.1 Å². The Kier molecular flexibility index (Phi) is 6.33. The van der Waals surface area contributed by atoms with Gasteiger partial charge in [-0.25, -0.2) is 4.99 Å². The van der Waals surface area contributed by atoms with Gasteiger partial charge in [-0.15, -0.1) is 11.8 Å². The molecule has 1 heterocycles. The molecule has 4 rings (SSSR count). The van der Waals surface area contributed by atoms with E-state index in [1.165, 1.54) is 17.3 Å². The third kappa shape index (κ3) is 5.12. The summed E-state index contributed by atoms with van der Waals surface area (Å²) < 4.78 is 0. The second-order valence-electron chi connectivity index (χ2n) is 7.68. The molecule has 1 aliphatic heterocycles. The minimum absolute atomic E-state index is 0.0345. The molecule has 3 aromatic rings. The van der Waals surface area contributed by atoms with Crippen molar-refractivity contribution in [2.45, 2.75) is 27.2 Å². The fraction of sp³-hybridized carbons (Fsp3) is 0.192. The number of thioether (sulfide) groups is 1. The lowest BCUT2D eigenvalue weighted by Gasteiger charge is -2.11. The standard InChI is InChI=1S/C26H25N3OS/c1-17-11-13-20(14-12-17)24-15-26(29-23-9-5-4-8-22(23)27-24)31-16-25(30)28-21-10-6-7-18(2)19(21)3/h4-14H,15-16H2,1-3H3,(H,28,30). The highest BCUT2D eigenvalue weighted by Crippen LogP contribution is 2.33. The molecule has 1 N–H and O–H groups in total. The number of hydrogen-bond acceptors (Lipinski definition) is 4. The molecule has 4 nitrogen and oxygen atoms in total. The summed E-state index contributed by atoms with van der Waals surface area (Å²) in [4.78, 5) is 22.3. The topological polar surface area (TPSA) is 53.8 Å². The number of rotatable bonds is 4. The summed E-state index contributed by atoms with van der Waals surface area (Å²) in [6.45, 7) is 6.14. The first-order chi connectivity index (χ1) is 15.0. The van der Waals surface area contributed by atoms with Crippen LogP contribution in [0.1, 0.15) is 28.7 Å². The van der Waals surface area contributed by atoms with Crippen LogP contribution in [-0.4, -0.2) is 22.4 Å². The Hall–Kier alpha value is -3.18. The molecule has 0 fully saturated rings. The number of amides is 1. The van der Waals surface area contributed by atoms with Gasteiger partial charge in [0.15, 0.2) is 0 Å². The minimum Gasteiger partial charge on any atom is -0.325 e. The minimum atomic E-state index is -0.0345. The first kappa shape index (κ1) is 21.1. The van der Waals surface area contributed by atoms with E-state index in [-0.39, 0.29) is 5.91 Å². The van der Waals surface area contributed by atoms with Gasteiger partial charge in [0.05, 0.1) is 27.9 Å². The van der Waals surface area contributed by atoms with Crippen molar-refractivity contribution in [3.8, 4) is 0 Å². The van der Waals surface area contributed by atoms with Crippen LogP contribution in [0.15, 0.2) is 76.7 Å². The molecule has 0 atom stereocenters. The third-order valence-corrected chi connectivity index (χ3v) is 6.31. The number of para-hydroxylation sites is 2. The molecule has 156 valence electrons. The third-order valence-electron chi connectivity index (χ3n) is 5.33. The number of aliphatic imine (C=N–C) groups is 2. The number of anilines is 1. The zero-order valence-corrected chi connectivity index (χ0v) is 18.8. The van der Waals surface area contributed by atoms with E-state index < -0.39 is 0 Å². The molecular formula is C26H25N3OS. The van der Waals surface area contributed by atoms with Crippen LogP contribution in [0.4, 0.5) is 17.1 Å². The van der Waals surface area contributed by atoms with Crippen molar-refractivity contribution in [2.24, 2.45) is 9.98 Å². The van der Waals surface area contributed by atoms with E-state index in [4.69, 9.17) is 9.98 Å². The highest BCUT2D eigenvalue weighted by atomic mass is 32.2. The maximum absolute atomic E-state index is 12.6. The summed E-state index contributed by atoms with van der Waals surface area (Å²) in [6.07, 6.45) is 0.596. The van der Waals surface area contributed by atoms with E-state index in [2.05, 4.69) is 36.5 Å². The molecule has 1 amide bonds. The molecule has 0 radical (unpaired) electrons. The molecule has 3 aromatic carbocycles. The molecule has 0 aromatic heterocycles. The van der Waals surface area contributed by atoms with Gasteiger partial charge < -0.3 is 5.32 Å². The average Bonchev–Trinajstić information content (AvgIpc) is 2.95.